The average Bonchev–Trinajstić information content (AvgIpc) is 2.49. The topological polar surface area (TPSA) is 9.23 Å². The molecule has 0 bridgehead atoms. The molecule has 0 aromatic carbocycles. The lowest BCUT2D eigenvalue weighted by Crippen LogP contribution is -2.51. The largest absolute Gasteiger partial charge is 0.367 e. The monoisotopic (exact) mass is 260 g/mol. The second-order valence-electron chi connectivity index (χ2n) is 7.33. The highest BCUT2D eigenvalue weighted by Gasteiger charge is 2.49. The second-order valence-corrected chi connectivity index (χ2v) is 7.33. The summed E-state index contributed by atoms with van der Waals surface area (Å²) < 4.78 is 6.83. The molecular formula is C18H28O. The first kappa shape index (κ1) is 12.4. The summed E-state index contributed by atoms with van der Waals surface area (Å²) in [5, 5.41) is 0. The fraction of sp³-hybridized carbons (Fsp3) is 0.889. The predicted molar refractivity (Wildman–Crippen MR) is 78.1 cm³/mol. The van der Waals surface area contributed by atoms with Gasteiger partial charge in [-0.15, -0.1) is 0 Å². The fourth-order valence-electron chi connectivity index (χ4n) is 5.44. The maximum Gasteiger partial charge on any atom is 0.0795 e. The molecule has 1 heterocycles. The Morgan fingerprint density at radius 1 is 0.737 bits per heavy atom. The number of ether oxygens (including phenoxy) is 1. The number of rotatable bonds is 0. The predicted octanol–water partition coefficient (Wildman–Crippen LogP) is 5.15. The van der Waals surface area contributed by atoms with Crippen LogP contribution >= 0.6 is 0 Å². The molecule has 0 amide bonds. The van der Waals surface area contributed by atoms with Gasteiger partial charge in [0.15, 0.2) is 0 Å². The first-order chi connectivity index (χ1) is 9.39. The van der Waals surface area contributed by atoms with Crippen molar-refractivity contribution in [3.05, 3.63) is 11.1 Å². The SMILES string of the molecule is C1CCC2(CC1)O[C@@H]1CCCCC1=C1CCCC[C@H]12. The highest BCUT2D eigenvalue weighted by Crippen LogP contribution is 2.53. The lowest BCUT2D eigenvalue weighted by atomic mass is 9.63. The third-order valence-electron chi connectivity index (χ3n) is 6.29. The molecule has 106 valence electrons. The smallest absolute Gasteiger partial charge is 0.0795 e. The van der Waals surface area contributed by atoms with Gasteiger partial charge in [-0.3, -0.25) is 0 Å². The first-order valence-electron chi connectivity index (χ1n) is 8.79. The lowest BCUT2D eigenvalue weighted by Gasteiger charge is -2.53. The molecule has 3 saturated carbocycles. The molecule has 0 radical (unpaired) electrons. The van der Waals surface area contributed by atoms with E-state index in [1.165, 1.54) is 83.5 Å². The van der Waals surface area contributed by atoms with Crippen LogP contribution in [0.1, 0.15) is 83.5 Å². The Morgan fingerprint density at radius 2 is 1.47 bits per heavy atom. The third kappa shape index (κ3) is 2.00. The number of hydrogen-bond donors (Lipinski definition) is 0. The van der Waals surface area contributed by atoms with Crippen molar-refractivity contribution in [3.63, 3.8) is 0 Å². The van der Waals surface area contributed by atoms with E-state index in [-0.39, 0.29) is 5.60 Å². The molecule has 4 rings (SSSR count). The Kier molecular flexibility index (Phi) is 3.22. The molecular weight excluding hydrogens is 232 g/mol. The van der Waals surface area contributed by atoms with Crippen molar-refractivity contribution in [1.82, 2.24) is 0 Å². The molecule has 1 aliphatic heterocycles. The zero-order valence-electron chi connectivity index (χ0n) is 12.3. The number of fused-ring (bicyclic) bond motifs is 3. The summed E-state index contributed by atoms with van der Waals surface area (Å²) in [5.74, 6) is 0.811. The summed E-state index contributed by atoms with van der Waals surface area (Å²) in [7, 11) is 0. The Morgan fingerprint density at radius 3 is 2.32 bits per heavy atom. The van der Waals surface area contributed by atoms with Gasteiger partial charge < -0.3 is 4.74 Å². The van der Waals surface area contributed by atoms with Gasteiger partial charge in [0.25, 0.3) is 0 Å². The highest BCUT2D eigenvalue weighted by atomic mass is 16.5. The molecule has 19 heavy (non-hydrogen) atoms. The molecule has 3 fully saturated rings. The Balaban J connectivity index is 1.73. The van der Waals surface area contributed by atoms with E-state index in [4.69, 9.17) is 4.74 Å². The van der Waals surface area contributed by atoms with Gasteiger partial charge in [-0.25, -0.2) is 0 Å². The summed E-state index contributed by atoms with van der Waals surface area (Å²) in [5.41, 5.74) is 3.94. The van der Waals surface area contributed by atoms with Crippen LogP contribution in [-0.2, 0) is 4.74 Å². The normalized spacial score (nSPS) is 37.9. The van der Waals surface area contributed by atoms with E-state index in [1.54, 1.807) is 5.57 Å². The lowest BCUT2D eigenvalue weighted by molar-refractivity contribution is -0.150. The van der Waals surface area contributed by atoms with Gasteiger partial charge in [-0.1, -0.05) is 37.7 Å². The summed E-state index contributed by atoms with van der Waals surface area (Å²) in [6, 6.07) is 0. The zero-order chi connectivity index (χ0) is 12.7. The second kappa shape index (κ2) is 4.91. The summed E-state index contributed by atoms with van der Waals surface area (Å²) >= 11 is 0. The Bertz CT molecular complexity index is 375. The van der Waals surface area contributed by atoms with E-state index >= 15 is 0 Å². The van der Waals surface area contributed by atoms with Gasteiger partial charge in [0.2, 0.25) is 0 Å². The van der Waals surface area contributed by atoms with Crippen molar-refractivity contribution in [2.45, 2.75) is 95.2 Å². The van der Waals surface area contributed by atoms with E-state index in [2.05, 4.69) is 0 Å². The van der Waals surface area contributed by atoms with Crippen LogP contribution in [0.4, 0.5) is 0 Å². The minimum atomic E-state index is 0.277. The third-order valence-corrected chi connectivity index (χ3v) is 6.29. The highest BCUT2D eigenvalue weighted by molar-refractivity contribution is 5.30. The molecule has 1 spiro atoms. The molecule has 0 aromatic rings. The van der Waals surface area contributed by atoms with Crippen LogP contribution in [0.5, 0.6) is 0 Å². The molecule has 0 aromatic heterocycles. The maximum atomic E-state index is 6.83. The maximum absolute atomic E-state index is 6.83. The van der Waals surface area contributed by atoms with Crippen LogP contribution in [-0.4, -0.2) is 11.7 Å². The van der Waals surface area contributed by atoms with Crippen LogP contribution in [0.3, 0.4) is 0 Å². The summed E-state index contributed by atoms with van der Waals surface area (Å²) in [4.78, 5) is 0. The zero-order valence-corrected chi connectivity index (χ0v) is 12.3. The molecule has 4 aliphatic rings. The van der Waals surface area contributed by atoms with Crippen LogP contribution in [0.2, 0.25) is 0 Å². The summed E-state index contributed by atoms with van der Waals surface area (Å²) in [6.07, 6.45) is 18.7. The van der Waals surface area contributed by atoms with E-state index in [9.17, 15) is 0 Å². The van der Waals surface area contributed by atoms with Crippen LogP contribution in [0.25, 0.3) is 0 Å². The van der Waals surface area contributed by atoms with E-state index < -0.39 is 0 Å². The van der Waals surface area contributed by atoms with Gasteiger partial charge in [0, 0.05) is 5.92 Å². The standard InChI is InChI=1S/C18H28O/c1-6-12-18(13-7-1)16-10-4-2-8-14(16)15-9-3-5-11-17(15)19-18/h16-17H,1-13H2/t16-,17-/m1/s1. The van der Waals surface area contributed by atoms with Crippen molar-refractivity contribution in [2.75, 3.05) is 0 Å². The van der Waals surface area contributed by atoms with Gasteiger partial charge in [0.05, 0.1) is 11.7 Å². The quantitative estimate of drug-likeness (QED) is 0.547. The molecule has 0 N–H and O–H groups in total. The molecule has 2 atom stereocenters. The van der Waals surface area contributed by atoms with E-state index in [1.807, 2.05) is 5.57 Å². The number of hydrogen-bond acceptors (Lipinski definition) is 1. The molecule has 0 saturated heterocycles. The average molecular weight is 260 g/mol. The van der Waals surface area contributed by atoms with Crippen molar-refractivity contribution in [3.8, 4) is 0 Å². The Hall–Kier alpha value is -0.300. The first-order valence-corrected chi connectivity index (χ1v) is 8.79. The van der Waals surface area contributed by atoms with Crippen LogP contribution in [0.15, 0.2) is 11.1 Å². The molecule has 3 aliphatic carbocycles. The van der Waals surface area contributed by atoms with Gasteiger partial charge in [-0.2, -0.15) is 0 Å². The van der Waals surface area contributed by atoms with Gasteiger partial charge in [0.1, 0.15) is 0 Å². The molecule has 1 heteroatoms. The Labute approximate surface area is 117 Å². The van der Waals surface area contributed by atoms with E-state index in [0.717, 1.165) is 5.92 Å². The minimum absolute atomic E-state index is 0.277. The van der Waals surface area contributed by atoms with Crippen LogP contribution < -0.4 is 0 Å². The van der Waals surface area contributed by atoms with Gasteiger partial charge in [-0.05, 0) is 56.9 Å². The van der Waals surface area contributed by atoms with Crippen molar-refractivity contribution < 1.29 is 4.74 Å². The van der Waals surface area contributed by atoms with Crippen LogP contribution in [0, 0.1) is 5.92 Å². The van der Waals surface area contributed by atoms with Gasteiger partial charge >= 0.3 is 0 Å². The summed E-state index contributed by atoms with van der Waals surface area (Å²) in [6.45, 7) is 0. The molecule has 0 unspecified atom stereocenters. The van der Waals surface area contributed by atoms with Crippen molar-refractivity contribution >= 4 is 0 Å². The van der Waals surface area contributed by atoms with E-state index in [0.29, 0.717) is 6.10 Å². The fourth-order valence-corrected chi connectivity index (χ4v) is 5.44. The van der Waals surface area contributed by atoms with Crippen molar-refractivity contribution in [1.29, 1.82) is 0 Å². The van der Waals surface area contributed by atoms with Crippen molar-refractivity contribution in [2.24, 2.45) is 5.92 Å². The minimum Gasteiger partial charge on any atom is -0.367 e. The molecule has 1 nitrogen and oxygen atoms in total.